The fourth-order valence-electron chi connectivity index (χ4n) is 1.09. The molecule has 78 valence electrons. The van der Waals surface area contributed by atoms with Crippen LogP contribution in [-0.2, 0) is 4.57 Å². The van der Waals surface area contributed by atoms with Crippen molar-refractivity contribution < 1.29 is 13.3 Å². The molecule has 0 aromatic heterocycles. The molecule has 0 unspecified atom stereocenters. The van der Waals surface area contributed by atoms with Gasteiger partial charge in [0.1, 0.15) is 7.14 Å². The number of nitrogens with two attached hydrogens (primary N) is 1. The molecule has 0 bridgehead atoms. The van der Waals surface area contributed by atoms with Gasteiger partial charge in [-0.2, -0.15) is 0 Å². The van der Waals surface area contributed by atoms with Crippen molar-refractivity contribution in [3.63, 3.8) is 0 Å². The van der Waals surface area contributed by atoms with Gasteiger partial charge in [0.05, 0.1) is 0 Å². The fourth-order valence-corrected chi connectivity index (χ4v) is 1.97. The molecule has 0 fully saturated rings. The number of anilines is 1. The monoisotopic (exact) mass is 219 g/mol. The number of hydrogen-bond acceptors (Lipinski definition) is 2. The second-order valence-electron chi connectivity index (χ2n) is 3.46. The van der Waals surface area contributed by atoms with Gasteiger partial charge in [0.15, 0.2) is 0 Å². The number of halogens is 2. The van der Waals surface area contributed by atoms with Crippen molar-refractivity contribution in [2.75, 3.05) is 19.1 Å². The van der Waals surface area contributed by atoms with Crippen LogP contribution in [0.5, 0.6) is 0 Å². The first-order valence-corrected chi connectivity index (χ1v) is 6.65. The summed E-state index contributed by atoms with van der Waals surface area (Å²) in [5, 5.41) is 0.432. The molecule has 0 spiro atoms. The molecule has 5 heteroatoms. The number of hydrogen-bond donors (Lipinski definition) is 1. The summed E-state index contributed by atoms with van der Waals surface area (Å²) >= 11 is 0. The summed E-state index contributed by atoms with van der Waals surface area (Å²) < 4.78 is 36.5. The van der Waals surface area contributed by atoms with Gasteiger partial charge in [-0.1, -0.05) is 0 Å². The predicted molar refractivity (Wildman–Crippen MR) is 54.9 cm³/mol. The molecule has 0 heterocycles. The van der Waals surface area contributed by atoms with Crippen molar-refractivity contribution in [1.29, 1.82) is 0 Å². The predicted octanol–water partition coefficient (Wildman–Crippen LogP) is 2.45. The third-order valence-corrected chi connectivity index (χ3v) is 3.45. The minimum atomic E-state index is -2.62. The van der Waals surface area contributed by atoms with Crippen molar-refractivity contribution in [2.45, 2.75) is 6.43 Å². The van der Waals surface area contributed by atoms with Gasteiger partial charge in [0.2, 0.25) is 0 Å². The van der Waals surface area contributed by atoms with E-state index in [0.29, 0.717) is 5.30 Å². The van der Waals surface area contributed by atoms with Crippen LogP contribution in [0.25, 0.3) is 0 Å². The fraction of sp³-hybridized carbons (Fsp3) is 0.333. The van der Waals surface area contributed by atoms with Crippen LogP contribution in [-0.4, -0.2) is 13.3 Å². The highest BCUT2D eigenvalue weighted by molar-refractivity contribution is 7.70. The molecule has 1 rings (SSSR count). The van der Waals surface area contributed by atoms with Crippen LogP contribution in [0.15, 0.2) is 18.2 Å². The molecule has 0 amide bonds. The summed E-state index contributed by atoms with van der Waals surface area (Å²) in [6.45, 7) is 3.07. The van der Waals surface area contributed by atoms with Crippen LogP contribution >= 0.6 is 7.14 Å². The van der Waals surface area contributed by atoms with Crippen LogP contribution in [0.1, 0.15) is 12.0 Å². The SMILES string of the molecule is CP(C)(=O)c1ccc(N)c(C(F)F)c1. The third kappa shape index (κ3) is 2.32. The first kappa shape index (κ1) is 11.2. The first-order valence-electron chi connectivity index (χ1n) is 4.05. The van der Waals surface area contributed by atoms with E-state index < -0.39 is 13.6 Å². The van der Waals surface area contributed by atoms with Crippen molar-refractivity contribution in [3.8, 4) is 0 Å². The zero-order chi connectivity index (χ0) is 10.9. The van der Waals surface area contributed by atoms with Gasteiger partial charge in [0.25, 0.3) is 6.43 Å². The lowest BCUT2D eigenvalue weighted by molar-refractivity contribution is 0.152. The van der Waals surface area contributed by atoms with E-state index in [0.717, 1.165) is 0 Å². The van der Waals surface area contributed by atoms with Gasteiger partial charge in [-0.15, -0.1) is 0 Å². The van der Waals surface area contributed by atoms with E-state index in [-0.39, 0.29) is 11.3 Å². The van der Waals surface area contributed by atoms with Crippen LogP contribution in [0.3, 0.4) is 0 Å². The van der Waals surface area contributed by atoms with E-state index in [1.54, 1.807) is 0 Å². The first-order chi connectivity index (χ1) is 6.32. The Labute approximate surface area is 81.5 Å². The molecule has 0 aliphatic rings. The largest absolute Gasteiger partial charge is 0.398 e. The van der Waals surface area contributed by atoms with Crippen LogP contribution in [0.2, 0.25) is 0 Å². The van der Waals surface area contributed by atoms with Crippen LogP contribution in [0, 0.1) is 0 Å². The van der Waals surface area contributed by atoms with E-state index in [4.69, 9.17) is 5.73 Å². The minimum Gasteiger partial charge on any atom is -0.398 e. The highest BCUT2D eigenvalue weighted by atomic mass is 31.2. The molecular formula is C9H12F2NOP. The van der Waals surface area contributed by atoms with Crippen molar-refractivity contribution in [3.05, 3.63) is 23.8 Å². The number of rotatable bonds is 2. The molecule has 0 aliphatic carbocycles. The molecule has 2 N–H and O–H groups in total. The zero-order valence-electron chi connectivity index (χ0n) is 8.00. The summed E-state index contributed by atoms with van der Waals surface area (Å²) in [5.74, 6) is 0. The smallest absolute Gasteiger partial charge is 0.265 e. The Balaban J connectivity index is 3.27. The Bertz CT molecular complexity index is 386. The second-order valence-corrected chi connectivity index (χ2v) is 6.68. The van der Waals surface area contributed by atoms with Gasteiger partial charge in [-0.3, -0.25) is 0 Å². The highest BCUT2D eigenvalue weighted by Crippen LogP contribution is 2.36. The maximum absolute atomic E-state index is 12.4. The standard InChI is InChI=1S/C9H12F2NOP/c1-14(2,13)6-3-4-8(12)7(5-6)9(10)11/h3-5,9H,12H2,1-2H3. The summed E-state index contributed by atoms with van der Waals surface area (Å²) in [6.07, 6.45) is -2.62. The molecular weight excluding hydrogens is 207 g/mol. The number of alkyl halides is 2. The Hall–Kier alpha value is -0.890. The van der Waals surface area contributed by atoms with Crippen LogP contribution < -0.4 is 11.0 Å². The van der Waals surface area contributed by atoms with Crippen molar-refractivity contribution in [2.24, 2.45) is 0 Å². The lowest BCUT2D eigenvalue weighted by Gasteiger charge is -2.10. The van der Waals surface area contributed by atoms with E-state index in [9.17, 15) is 13.3 Å². The molecule has 0 aliphatic heterocycles. The summed E-state index contributed by atoms with van der Waals surface area (Å²) in [5.41, 5.74) is 5.16. The number of nitrogen functional groups attached to an aromatic ring is 1. The maximum Gasteiger partial charge on any atom is 0.265 e. The quantitative estimate of drug-likeness (QED) is 0.613. The molecule has 2 nitrogen and oxygen atoms in total. The minimum absolute atomic E-state index is 0.0391. The van der Waals surface area contributed by atoms with E-state index in [2.05, 4.69) is 0 Å². The average Bonchev–Trinajstić information content (AvgIpc) is 2.02. The lowest BCUT2D eigenvalue weighted by Crippen LogP contribution is -2.06. The Morgan fingerprint density at radius 3 is 2.36 bits per heavy atom. The molecule has 14 heavy (non-hydrogen) atoms. The summed E-state index contributed by atoms with van der Waals surface area (Å²) in [6, 6.07) is 4.12. The molecule has 0 saturated carbocycles. The van der Waals surface area contributed by atoms with E-state index in [1.807, 2.05) is 0 Å². The number of benzene rings is 1. The average molecular weight is 219 g/mol. The highest BCUT2D eigenvalue weighted by Gasteiger charge is 2.17. The van der Waals surface area contributed by atoms with Gasteiger partial charge in [-0.25, -0.2) is 8.78 Å². The van der Waals surface area contributed by atoms with Gasteiger partial charge >= 0.3 is 0 Å². The molecule has 1 aromatic rings. The van der Waals surface area contributed by atoms with Gasteiger partial charge < -0.3 is 10.3 Å². The third-order valence-electron chi connectivity index (χ3n) is 1.93. The second kappa shape index (κ2) is 3.70. The topological polar surface area (TPSA) is 43.1 Å². The Morgan fingerprint density at radius 2 is 1.93 bits per heavy atom. The lowest BCUT2D eigenvalue weighted by atomic mass is 10.2. The molecule has 0 atom stereocenters. The van der Waals surface area contributed by atoms with E-state index in [1.165, 1.54) is 31.5 Å². The molecule has 0 saturated heterocycles. The Morgan fingerprint density at radius 1 is 1.36 bits per heavy atom. The normalized spacial score (nSPS) is 12.1. The maximum atomic E-state index is 12.4. The Kier molecular flexibility index (Phi) is 2.95. The van der Waals surface area contributed by atoms with Gasteiger partial charge in [-0.05, 0) is 31.5 Å². The summed E-state index contributed by atoms with van der Waals surface area (Å²) in [7, 11) is -2.49. The zero-order valence-corrected chi connectivity index (χ0v) is 8.89. The van der Waals surface area contributed by atoms with Crippen molar-refractivity contribution >= 4 is 18.1 Å². The molecule has 0 radical (unpaired) electrons. The van der Waals surface area contributed by atoms with E-state index >= 15 is 0 Å². The van der Waals surface area contributed by atoms with Gasteiger partial charge in [0, 0.05) is 16.6 Å². The van der Waals surface area contributed by atoms with Crippen molar-refractivity contribution in [1.82, 2.24) is 0 Å². The molecule has 1 aromatic carbocycles. The summed E-state index contributed by atoms with van der Waals surface area (Å²) in [4.78, 5) is 0. The van der Waals surface area contributed by atoms with Crippen LogP contribution in [0.4, 0.5) is 14.5 Å².